The zero-order valence-electron chi connectivity index (χ0n) is 8.99. The molecule has 2 aromatic rings. The summed E-state index contributed by atoms with van der Waals surface area (Å²) in [6, 6.07) is 1.93. The van der Waals surface area contributed by atoms with Crippen LogP contribution in [0.25, 0.3) is 11.1 Å². The number of aromatic nitrogens is 2. The summed E-state index contributed by atoms with van der Waals surface area (Å²) in [5.41, 5.74) is 1.85. The summed E-state index contributed by atoms with van der Waals surface area (Å²) in [5, 5.41) is 8.11. The summed E-state index contributed by atoms with van der Waals surface area (Å²) in [4.78, 5) is 0. The van der Waals surface area contributed by atoms with E-state index in [1.807, 2.05) is 24.8 Å². The molecule has 15 heavy (non-hydrogen) atoms. The van der Waals surface area contributed by atoms with Gasteiger partial charge in [0.2, 0.25) is 5.71 Å². The molecule has 0 saturated heterocycles. The van der Waals surface area contributed by atoms with Crippen LogP contribution in [0.15, 0.2) is 16.7 Å². The first-order valence-corrected chi connectivity index (χ1v) is 4.96. The molecule has 2 aromatic heterocycles. The topological polar surface area (TPSA) is 52.2 Å². The summed E-state index contributed by atoms with van der Waals surface area (Å²) in [7, 11) is 3.75. The van der Waals surface area contributed by atoms with Gasteiger partial charge < -0.3 is 14.5 Å². The minimum atomic E-state index is 0.649. The normalized spacial score (nSPS) is 14.5. The fourth-order valence-corrected chi connectivity index (χ4v) is 1.56. The van der Waals surface area contributed by atoms with E-state index in [4.69, 9.17) is 9.15 Å². The number of nitrogens with zero attached hydrogens (tertiary/aromatic N) is 2. The molecule has 0 amide bonds. The molecule has 1 aliphatic heterocycles. The molecule has 1 aliphatic rings. The summed E-state index contributed by atoms with van der Waals surface area (Å²) in [5.74, 6) is 0. The number of ether oxygens (including phenoxy) is 1. The van der Waals surface area contributed by atoms with Gasteiger partial charge in [-0.1, -0.05) is 0 Å². The Labute approximate surface area is 88.0 Å². The number of hydrogen-bond donors (Lipinski definition) is 1. The molecule has 5 nitrogen and oxygen atoms in total. The third kappa shape index (κ3) is 1.88. The van der Waals surface area contributed by atoms with E-state index >= 15 is 0 Å². The van der Waals surface area contributed by atoms with Gasteiger partial charge >= 0.3 is 0 Å². The second kappa shape index (κ2) is 4.46. The first-order chi connectivity index (χ1) is 7.36. The lowest BCUT2D eigenvalue weighted by molar-refractivity contribution is 0.0810. The molecule has 3 heterocycles. The van der Waals surface area contributed by atoms with Crippen molar-refractivity contribution in [3.63, 3.8) is 0 Å². The van der Waals surface area contributed by atoms with Crippen molar-refractivity contribution >= 4 is 11.1 Å². The van der Waals surface area contributed by atoms with Crippen LogP contribution in [-0.2, 0) is 17.9 Å². The van der Waals surface area contributed by atoms with Crippen molar-refractivity contribution in [1.29, 1.82) is 0 Å². The fraction of sp³-hybridized carbons (Fsp3) is 0.500. The highest BCUT2D eigenvalue weighted by Crippen LogP contribution is 2.21. The van der Waals surface area contributed by atoms with Crippen LogP contribution >= 0.6 is 0 Å². The zero-order chi connectivity index (χ0) is 10.7. The van der Waals surface area contributed by atoms with E-state index in [0.717, 1.165) is 29.9 Å². The zero-order valence-corrected chi connectivity index (χ0v) is 8.99. The molecule has 0 aromatic carbocycles. The number of rotatable bonds is 0. The minimum Gasteiger partial charge on any atom is -0.445 e. The Balaban J connectivity index is 0.000000258. The molecule has 1 N–H and O–H groups in total. The van der Waals surface area contributed by atoms with Gasteiger partial charge in [0.05, 0.1) is 37.1 Å². The van der Waals surface area contributed by atoms with Crippen LogP contribution in [0.5, 0.6) is 0 Å². The average molecular weight is 209 g/mol. The third-order valence-electron chi connectivity index (χ3n) is 2.17. The molecule has 0 atom stereocenters. The van der Waals surface area contributed by atoms with Crippen LogP contribution < -0.4 is 5.32 Å². The summed E-state index contributed by atoms with van der Waals surface area (Å²) in [6.07, 6.45) is 1.66. The summed E-state index contributed by atoms with van der Waals surface area (Å²) >= 11 is 0. The van der Waals surface area contributed by atoms with Crippen molar-refractivity contribution in [3.8, 4) is 0 Å². The maximum atomic E-state index is 5.33. The standard InChI is InChI=1S/C8H8N2O2.C2H7N/c1-3-12-8-6(1)7-5-11-4-2-10(7)9-8;1-3-2/h1,3H,2,4-5H2;3H,1-2H3. The van der Waals surface area contributed by atoms with Crippen molar-refractivity contribution < 1.29 is 9.15 Å². The highest BCUT2D eigenvalue weighted by Gasteiger charge is 2.16. The van der Waals surface area contributed by atoms with Gasteiger partial charge in [-0.2, -0.15) is 0 Å². The fourth-order valence-electron chi connectivity index (χ4n) is 1.56. The van der Waals surface area contributed by atoms with E-state index in [-0.39, 0.29) is 0 Å². The van der Waals surface area contributed by atoms with Crippen molar-refractivity contribution in [2.45, 2.75) is 13.2 Å². The average Bonchev–Trinajstić information content (AvgIpc) is 2.78. The molecule has 3 rings (SSSR count). The van der Waals surface area contributed by atoms with Crippen LogP contribution in [0, 0.1) is 0 Å². The van der Waals surface area contributed by atoms with E-state index in [0.29, 0.717) is 6.61 Å². The van der Waals surface area contributed by atoms with E-state index in [2.05, 4.69) is 10.4 Å². The van der Waals surface area contributed by atoms with Gasteiger partial charge in [0.15, 0.2) is 0 Å². The number of hydrogen-bond acceptors (Lipinski definition) is 4. The molecular formula is C10H15N3O2. The molecule has 0 radical (unpaired) electrons. The van der Waals surface area contributed by atoms with Gasteiger partial charge in [-0.05, 0) is 20.2 Å². The first-order valence-electron chi connectivity index (χ1n) is 4.96. The predicted octanol–water partition coefficient (Wildman–Crippen LogP) is 0.995. The van der Waals surface area contributed by atoms with E-state index in [1.165, 1.54) is 0 Å². The molecule has 0 unspecified atom stereocenters. The Morgan fingerprint density at radius 1 is 1.47 bits per heavy atom. The lowest BCUT2D eigenvalue weighted by Crippen LogP contribution is -2.17. The molecule has 0 spiro atoms. The van der Waals surface area contributed by atoms with Crippen LogP contribution in [-0.4, -0.2) is 30.5 Å². The van der Waals surface area contributed by atoms with E-state index < -0.39 is 0 Å². The maximum Gasteiger partial charge on any atom is 0.245 e. The maximum absolute atomic E-state index is 5.33. The Morgan fingerprint density at radius 3 is 3.07 bits per heavy atom. The molecule has 0 saturated carbocycles. The smallest absolute Gasteiger partial charge is 0.245 e. The van der Waals surface area contributed by atoms with Crippen molar-refractivity contribution in [2.75, 3.05) is 20.7 Å². The second-order valence-electron chi connectivity index (χ2n) is 3.36. The van der Waals surface area contributed by atoms with Crippen molar-refractivity contribution in [1.82, 2.24) is 15.1 Å². The van der Waals surface area contributed by atoms with Gasteiger partial charge in [0.25, 0.3) is 0 Å². The molecule has 82 valence electrons. The molecule has 5 heteroatoms. The number of nitrogens with one attached hydrogen (secondary N) is 1. The number of fused-ring (bicyclic) bond motifs is 3. The highest BCUT2D eigenvalue weighted by molar-refractivity contribution is 5.76. The van der Waals surface area contributed by atoms with Gasteiger partial charge in [-0.25, -0.2) is 0 Å². The Kier molecular flexibility index (Phi) is 3.03. The second-order valence-corrected chi connectivity index (χ2v) is 3.36. The first kappa shape index (κ1) is 10.2. The van der Waals surface area contributed by atoms with Crippen LogP contribution in [0.4, 0.5) is 0 Å². The van der Waals surface area contributed by atoms with Crippen molar-refractivity contribution in [2.24, 2.45) is 0 Å². The lowest BCUT2D eigenvalue weighted by Gasteiger charge is -2.13. The van der Waals surface area contributed by atoms with E-state index in [1.54, 1.807) is 6.26 Å². The highest BCUT2D eigenvalue weighted by atomic mass is 16.5. The van der Waals surface area contributed by atoms with Crippen LogP contribution in [0.3, 0.4) is 0 Å². The van der Waals surface area contributed by atoms with Crippen LogP contribution in [0.1, 0.15) is 5.69 Å². The molecule has 0 aliphatic carbocycles. The van der Waals surface area contributed by atoms with Gasteiger partial charge in [-0.15, -0.1) is 5.10 Å². The Hall–Kier alpha value is -1.33. The molecule has 0 bridgehead atoms. The largest absolute Gasteiger partial charge is 0.445 e. The Bertz CT molecular complexity index is 433. The monoisotopic (exact) mass is 209 g/mol. The Morgan fingerprint density at radius 2 is 2.27 bits per heavy atom. The molecular weight excluding hydrogens is 194 g/mol. The van der Waals surface area contributed by atoms with Crippen molar-refractivity contribution in [3.05, 3.63) is 18.0 Å². The van der Waals surface area contributed by atoms with Crippen LogP contribution in [0.2, 0.25) is 0 Å². The summed E-state index contributed by atoms with van der Waals surface area (Å²) < 4.78 is 12.5. The number of furan rings is 1. The van der Waals surface area contributed by atoms with Gasteiger partial charge in [-0.3, -0.25) is 4.68 Å². The van der Waals surface area contributed by atoms with Gasteiger partial charge in [0, 0.05) is 0 Å². The SMILES string of the molecule is CNC.c1cc2c3n(nc2o1)CCOC3. The third-order valence-corrected chi connectivity index (χ3v) is 2.17. The summed E-state index contributed by atoms with van der Waals surface area (Å²) in [6.45, 7) is 2.23. The molecule has 0 fully saturated rings. The quantitative estimate of drug-likeness (QED) is 0.703. The van der Waals surface area contributed by atoms with Gasteiger partial charge in [0.1, 0.15) is 0 Å². The van der Waals surface area contributed by atoms with E-state index in [9.17, 15) is 0 Å². The lowest BCUT2D eigenvalue weighted by atomic mass is 10.3. The predicted molar refractivity (Wildman–Crippen MR) is 56.6 cm³/mol. The minimum absolute atomic E-state index is 0.649.